The number of pyridine rings is 2. The Morgan fingerprint density at radius 1 is 1.13 bits per heavy atom. The first-order chi connectivity index (χ1) is 18.6. The van der Waals surface area contributed by atoms with Gasteiger partial charge < -0.3 is 10.3 Å². The molecule has 1 aromatic carbocycles. The van der Waals surface area contributed by atoms with Gasteiger partial charge in [-0.25, -0.2) is 4.98 Å². The summed E-state index contributed by atoms with van der Waals surface area (Å²) in [7, 11) is 0. The summed E-state index contributed by atoms with van der Waals surface area (Å²) in [5.41, 5.74) is 9.06. The molecule has 5 aromatic rings. The van der Waals surface area contributed by atoms with Crippen LogP contribution in [-0.4, -0.2) is 30.1 Å². The maximum Gasteiger partial charge on any atom is 0.159 e. The molecule has 0 atom stereocenters. The van der Waals surface area contributed by atoms with Gasteiger partial charge in [0.1, 0.15) is 11.2 Å². The van der Waals surface area contributed by atoms with Crippen molar-refractivity contribution in [2.75, 3.05) is 0 Å². The minimum Gasteiger partial charge on any atom is -0.359 e. The molecule has 0 aliphatic rings. The Kier molecular flexibility index (Phi) is 7.26. The monoisotopic (exact) mass is 501 g/mol. The zero-order valence-corrected chi connectivity index (χ0v) is 21.8. The van der Waals surface area contributed by atoms with E-state index in [1.54, 1.807) is 18.6 Å². The second-order valence-corrected chi connectivity index (χ2v) is 9.10. The minimum absolute atomic E-state index is 0.673. The van der Waals surface area contributed by atoms with Crippen LogP contribution in [-0.2, 0) is 0 Å². The number of hydrogen-bond donors (Lipinski definition) is 3. The molecule has 4 heterocycles. The zero-order valence-electron chi connectivity index (χ0n) is 21.8. The van der Waals surface area contributed by atoms with E-state index in [9.17, 15) is 0 Å². The molecule has 0 bridgehead atoms. The average Bonchev–Trinajstić information content (AvgIpc) is 3.58. The van der Waals surface area contributed by atoms with Gasteiger partial charge in [0.25, 0.3) is 0 Å². The summed E-state index contributed by atoms with van der Waals surface area (Å²) in [5.74, 6) is 0.673. The first-order valence-electron chi connectivity index (χ1n) is 12.8. The lowest BCUT2D eigenvalue weighted by Gasteiger charge is -2.11. The van der Waals surface area contributed by atoms with Gasteiger partial charge in [0.05, 0.1) is 22.9 Å². The van der Waals surface area contributed by atoms with Crippen molar-refractivity contribution in [2.24, 2.45) is 0 Å². The van der Waals surface area contributed by atoms with Gasteiger partial charge in [0.2, 0.25) is 0 Å². The van der Waals surface area contributed by atoms with Crippen molar-refractivity contribution in [3.05, 3.63) is 103 Å². The molecule has 7 heteroatoms. The van der Waals surface area contributed by atoms with Crippen molar-refractivity contribution in [2.45, 2.75) is 33.1 Å². The van der Waals surface area contributed by atoms with Crippen molar-refractivity contribution >= 4 is 27.5 Å². The standard InChI is InChI=1S/C31H31N7/c1-5-8-11-20(4)34-23(7-3)16-21(6-2)22-13-14-27-24(17-22)30(38-37-27)31-35-28-19-32-18-25(29(28)36-31)26-12-9-10-15-33-26/h6-7,9-10,12-19,34H,3-5,8,11H2,1-2H3,(H,35,36)(H,37,38)/b21-6+,23-16+. The number of nitrogens with zero attached hydrogens (tertiary/aromatic N) is 4. The van der Waals surface area contributed by atoms with Crippen molar-refractivity contribution in [1.29, 1.82) is 0 Å². The molecule has 5 rings (SSSR count). The number of fused-ring (bicyclic) bond motifs is 2. The van der Waals surface area contributed by atoms with Crippen LogP contribution in [0.2, 0.25) is 0 Å². The van der Waals surface area contributed by atoms with E-state index in [1.807, 2.05) is 37.3 Å². The Morgan fingerprint density at radius 3 is 2.79 bits per heavy atom. The fourth-order valence-corrected chi connectivity index (χ4v) is 4.43. The van der Waals surface area contributed by atoms with Crippen molar-refractivity contribution in [3.8, 4) is 22.8 Å². The summed E-state index contributed by atoms with van der Waals surface area (Å²) in [6.45, 7) is 12.4. The molecule has 7 nitrogen and oxygen atoms in total. The molecule has 38 heavy (non-hydrogen) atoms. The first-order valence-corrected chi connectivity index (χ1v) is 12.8. The molecule has 190 valence electrons. The van der Waals surface area contributed by atoms with Gasteiger partial charge >= 0.3 is 0 Å². The van der Waals surface area contributed by atoms with Gasteiger partial charge in [-0.1, -0.05) is 44.7 Å². The van der Waals surface area contributed by atoms with Gasteiger partial charge in [-0.15, -0.1) is 0 Å². The zero-order chi connectivity index (χ0) is 26.5. The van der Waals surface area contributed by atoms with Crippen LogP contribution < -0.4 is 5.32 Å². The van der Waals surface area contributed by atoms with Gasteiger partial charge in [-0.3, -0.25) is 15.1 Å². The number of allylic oxidation sites excluding steroid dienone is 5. The van der Waals surface area contributed by atoms with E-state index in [0.29, 0.717) is 5.82 Å². The number of benzene rings is 1. The molecule has 0 spiro atoms. The van der Waals surface area contributed by atoms with Gasteiger partial charge in [0, 0.05) is 34.7 Å². The van der Waals surface area contributed by atoms with Crippen LogP contribution in [0.4, 0.5) is 0 Å². The molecule has 0 aliphatic heterocycles. The Hall–Kier alpha value is -4.78. The third kappa shape index (κ3) is 5.04. The third-order valence-electron chi connectivity index (χ3n) is 6.45. The van der Waals surface area contributed by atoms with Gasteiger partial charge in [0.15, 0.2) is 5.82 Å². The molecule has 0 amide bonds. The molecule has 0 radical (unpaired) electrons. The minimum atomic E-state index is 0.673. The van der Waals surface area contributed by atoms with Crippen LogP contribution in [0.15, 0.2) is 97.8 Å². The number of H-pyrrole nitrogens is 2. The van der Waals surface area contributed by atoms with Crippen LogP contribution in [0.3, 0.4) is 0 Å². The van der Waals surface area contributed by atoms with E-state index < -0.39 is 0 Å². The number of aromatic nitrogens is 6. The summed E-state index contributed by atoms with van der Waals surface area (Å²) in [6, 6.07) is 12.1. The highest BCUT2D eigenvalue weighted by molar-refractivity contribution is 5.97. The van der Waals surface area contributed by atoms with Gasteiger partial charge in [-0.2, -0.15) is 5.10 Å². The maximum atomic E-state index is 4.92. The number of imidazole rings is 1. The van der Waals surface area contributed by atoms with E-state index in [-0.39, 0.29) is 0 Å². The lowest BCUT2D eigenvalue weighted by Crippen LogP contribution is -2.10. The SMILES string of the molecule is C=C/C(=C\C(=C/C)c1ccc2[nH]nc(-c3nc4c(-c5ccccn5)cncc4[nH]3)c2c1)NC(=C)CCCC. The first kappa shape index (κ1) is 24.9. The molecular formula is C31H31N7. The smallest absolute Gasteiger partial charge is 0.159 e. The highest BCUT2D eigenvalue weighted by Crippen LogP contribution is 2.31. The second kappa shape index (κ2) is 11.1. The molecule has 3 N–H and O–H groups in total. The number of unbranched alkanes of at least 4 members (excludes halogenated alkanes) is 1. The van der Waals surface area contributed by atoms with Crippen LogP contribution in [0.25, 0.3) is 50.3 Å². The Morgan fingerprint density at radius 2 is 2.03 bits per heavy atom. The maximum absolute atomic E-state index is 4.92. The molecular weight excluding hydrogens is 470 g/mol. The van der Waals surface area contributed by atoms with E-state index in [1.165, 1.54) is 0 Å². The van der Waals surface area contributed by atoms with Crippen molar-refractivity contribution in [1.82, 2.24) is 35.5 Å². The number of hydrogen-bond acceptors (Lipinski definition) is 5. The number of rotatable bonds is 10. The lowest BCUT2D eigenvalue weighted by molar-refractivity contribution is 0.751. The molecule has 0 unspecified atom stereocenters. The van der Waals surface area contributed by atoms with Gasteiger partial charge in [-0.05, 0) is 67.3 Å². The fourth-order valence-electron chi connectivity index (χ4n) is 4.43. The van der Waals surface area contributed by atoms with E-state index in [4.69, 9.17) is 4.98 Å². The quantitative estimate of drug-likeness (QED) is 0.174. The average molecular weight is 502 g/mol. The molecule has 0 fully saturated rings. The summed E-state index contributed by atoms with van der Waals surface area (Å²) < 4.78 is 0. The van der Waals surface area contributed by atoms with Crippen LogP contribution >= 0.6 is 0 Å². The molecule has 4 aromatic heterocycles. The summed E-state index contributed by atoms with van der Waals surface area (Å²) in [4.78, 5) is 17.2. The molecule has 0 saturated heterocycles. The van der Waals surface area contributed by atoms with E-state index in [2.05, 4.69) is 74.8 Å². The van der Waals surface area contributed by atoms with Crippen molar-refractivity contribution in [3.63, 3.8) is 0 Å². The second-order valence-electron chi connectivity index (χ2n) is 9.10. The van der Waals surface area contributed by atoms with E-state index in [0.717, 1.165) is 80.7 Å². The predicted molar refractivity (Wildman–Crippen MR) is 156 cm³/mol. The third-order valence-corrected chi connectivity index (χ3v) is 6.45. The van der Waals surface area contributed by atoms with Crippen LogP contribution in [0, 0.1) is 0 Å². The lowest BCUT2D eigenvalue weighted by atomic mass is 10.0. The number of aromatic amines is 2. The molecule has 0 saturated carbocycles. The topological polar surface area (TPSA) is 95.2 Å². The highest BCUT2D eigenvalue weighted by Gasteiger charge is 2.16. The van der Waals surface area contributed by atoms with Crippen LogP contribution in [0.1, 0.15) is 38.7 Å². The normalized spacial score (nSPS) is 12.3. The summed E-state index contributed by atoms with van der Waals surface area (Å²) in [5, 5.41) is 12.1. The highest BCUT2D eigenvalue weighted by atomic mass is 15.1. The Labute approximate surface area is 222 Å². The van der Waals surface area contributed by atoms with Crippen LogP contribution in [0.5, 0.6) is 0 Å². The summed E-state index contributed by atoms with van der Waals surface area (Å²) >= 11 is 0. The Balaban J connectivity index is 1.52. The Bertz CT molecular complexity index is 1670. The fraction of sp³-hybridized carbons (Fsp3) is 0.161. The van der Waals surface area contributed by atoms with E-state index >= 15 is 0 Å². The number of nitrogens with one attached hydrogen (secondary N) is 3. The molecule has 0 aliphatic carbocycles. The summed E-state index contributed by atoms with van der Waals surface area (Å²) in [6.07, 6.45) is 14.5. The predicted octanol–water partition coefficient (Wildman–Crippen LogP) is 7.33. The van der Waals surface area contributed by atoms with Crippen molar-refractivity contribution < 1.29 is 0 Å². The largest absolute Gasteiger partial charge is 0.359 e.